The molecule has 27 heavy (non-hydrogen) atoms. The Morgan fingerprint density at radius 2 is 1.67 bits per heavy atom. The summed E-state index contributed by atoms with van der Waals surface area (Å²) in [5, 5.41) is 0. The van der Waals surface area contributed by atoms with Gasteiger partial charge in [-0.3, -0.25) is 0 Å². The van der Waals surface area contributed by atoms with Crippen molar-refractivity contribution in [1.29, 1.82) is 0 Å². The number of carbonyl (C=O) groups is 1. The van der Waals surface area contributed by atoms with Crippen molar-refractivity contribution >= 4 is 16.1 Å². The molecule has 7 heteroatoms. The second-order valence-corrected chi connectivity index (χ2v) is 7.83. The van der Waals surface area contributed by atoms with Crippen molar-refractivity contribution in [2.75, 3.05) is 0 Å². The SMILES string of the molecule is Cc1ccc(S(=O)(=O)NC(=O)N(Cc2ccccc2)Cc2ccco2)cc1. The van der Waals surface area contributed by atoms with E-state index in [2.05, 4.69) is 4.72 Å². The van der Waals surface area contributed by atoms with Crippen molar-refractivity contribution in [3.05, 3.63) is 89.9 Å². The first-order valence-corrected chi connectivity index (χ1v) is 9.87. The van der Waals surface area contributed by atoms with Crippen LogP contribution in [0.25, 0.3) is 0 Å². The van der Waals surface area contributed by atoms with Gasteiger partial charge in [-0.2, -0.15) is 0 Å². The third-order valence-corrected chi connectivity index (χ3v) is 5.32. The van der Waals surface area contributed by atoms with Crippen LogP contribution in [0.15, 0.2) is 82.3 Å². The maximum Gasteiger partial charge on any atom is 0.332 e. The number of benzene rings is 2. The molecule has 0 radical (unpaired) electrons. The number of nitrogens with one attached hydrogen (secondary N) is 1. The summed E-state index contributed by atoms with van der Waals surface area (Å²) >= 11 is 0. The Morgan fingerprint density at radius 1 is 0.963 bits per heavy atom. The van der Waals surface area contributed by atoms with Gasteiger partial charge in [0.15, 0.2) is 0 Å². The molecule has 1 heterocycles. The largest absolute Gasteiger partial charge is 0.467 e. The number of urea groups is 1. The van der Waals surface area contributed by atoms with Gasteiger partial charge < -0.3 is 9.32 Å². The molecule has 0 fully saturated rings. The van der Waals surface area contributed by atoms with Crippen molar-refractivity contribution in [2.24, 2.45) is 0 Å². The molecule has 0 spiro atoms. The molecule has 1 aromatic heterocycles. The second kappa shape index (κ2) is 8.09. The minimum Gasteiger partial charge on any atom is -0.467 e. The van der Waals surface area contributed by atoms with Crippen molar-refractivity contribution in [3.8, 4) is 0 Å². The van der Waals surface area contributed by atoms with Gasteiger partial charge in [-0.05, 0) is 36.8 Å². The topological polar surface area (TPSA) is 79.6 Å². The fourth-order valence-corrected chi connectivity index (χ4v) is 3.52. The smallest absolute Gasteiger partial charge is 0.332 e. The van der Waals surface area contributed by atoms with E-state index in [9.17, 15) is 13.2 Å². The molecular formula is C20H20N2O4S. The van der Waals surface area contributed by atoms with Gasteiger partial charge in [0.2, 0.25) is 0 Å². The molecule has 140 valence electrons. The molecule has 1 N–H and O–H groups in total. The highest BCUT2D eigenvalue weighted by atomic mass is 32.2. The van der Waals surface area contributed by atoms with Gasteiger partial charge in [0.25, 0.3) is 10.0 Å². The Labute approximate surface area is 158 Å². The molecule has 6 nitrogen and oxygen atoms in total. The zero-order valence-corrected chi connectivity index (χ0v) is 15.6. The van der Waals surface area contributed by atoms with Crippen LogP contribution in [0.3, 0.4) is 0 Å². The number of sulfonamides is 1. The Kier molecular flexibility index (Phi) is 5.61. The fourth-order valence-electron chi connectivity index (χ4n) is 2.55. The zero-order chi connectivity index (χ0) is 19.3. The monoisotopic (exact) mass is 384 g/mol. The summed E-state index contributed by atoms with van der Waals surface area (Å²) in [4.78, 5) is 14.2. The average molecular weight is 384 g/mol. The number of carbonyl (C=O) groups excluding carboxylic acids is 1. The van der Waals surface area contributed by atoms with Crippen LogP contribution in [0, 0.1) is 6.92 Å². The Bertz CT molecular complexity index is 982. The lowest BCUT2D eigenvalue weighted by molar-refractivity contribution is 0.193. The molecule has 0 atom stereocenters. The minimum absolute atomic E-state index is 0.0408. The predicted molar refractivity (Wildman–Crippen MR) is 101 cm³/mol. The molecule has 0 saturated carbocycles. The molecule has 0 aliphatic carbocycles. The second-order valence-electron chi connectivity index (χ2n) is 6.14. The molecule has 0 aliphatic rings. The average Bonchev–Trinajstić information content (AvgIpc) is 3.15. The Morgan fingerprint density at radius 3 is 2.30 bits per heavy atom. The quantitative estimate of drug-likeness (QED) is 0.703. The highest BCUT2D eigenvalue weighted by Gasteiger charge is 2.23. The lowest BCUT2D eigenvalue weighted by Gasteiger charge is -2.22. The van der Waals surface area contributed by atoms with Crippen LogP contribution in [0.1, 0.15) is 16.9 Å². The number of hydrogen-bond donors (Lipinski definition) is 1. The molecule has 3 aromatic rings. The summed E-state index contributed by atoms with van der Waals surface area (Å²) in [7, 11) is -3.96. The van der Waals surface area contributed by atoms with Gasteiger partial charge in [-0.1, -0.05) is 48.0 Å². The maximum absolute atomic E-state index is 12.7. The molecule has 0 bridgehead atoms. The van der Waals surface area contributed by atoms with Crippen LogP contribution in [-0.4, -0.2) is 19.3 Å². The van der Waals surface area contributed by atoms with E-state index >= 15 is 0 Å². The van der Waals surface area contributed by atoms with Crippen LogP contribution in [0.4, 0.5) is 4.79 Å². The third kappa shape index (κ3) is 4.98. The number of furan rings is 1. The van der Waals surface area contributed by atoms with Gasteiger partial charge in [0, 0.05) is 6.54 Å². The molecule has 3 rings (SSSR count). The number of hydrogen-bond acceptors (Lipinski definition) is 4. The standard InChI is InChI=1S/C20H20N2O4S/c1-16-9-11-19(12-10-16)27(24,25)21-20(23)22(15-18-8-5-13-26-18)14-17-6-3-2-4-7-17/h2-13H,14-15H2,1H3,(H,21,23). The van der Waals surface area contributed by atoms with Gasteiger partial charge in [0.05, 0.1) is 17.7 Å². The molecule has 0 unspecified atom stereocenters. The minimum atomic E-state index is -3.96. The summed E-state index contributed by atoms with van der Waals surface area (Å²) in [6, 6.07) is 18.4. The van der Waals surface area contributed by atoms with E-state index in [0.717, 1.165) is 11.1 Å². The van der Waals surface area contributed by atoms with Crippen LogP contribution in [-0.2, 0) is 23.1 Å². The third-order valence-electron chi connectivity index (χ3n) is 3.98. The predicted octanol–water partition coefficient (Wildman–Crippen LogP) is 3.69. The van der Waals surface area contributed by atoms with Crippen LogP contribution < -0.4 is 4.72 Å². The molecule has 0 saturated heterocycles. The molecular weight excluding hydrogens is 364 g/mol. The zero-order valence-electron chi connectivity index (χ0n) is 14.8. The van der Waals surface area contributed by atoms with Crippen molar-refractivity contribution in [2.45, 2.75) is 24.9 Å². The highest BCUT2D eigenvalue weighted by Crippen LogP contribution is 2.14. The van der Waals surface area contributed by atoms with E-state index < -0.39 is 16.1 Å². The van der Waals surface area contributed by atoms with Crippen LogP contribution in [0.5, 0.6) is 0 Å². The lowest BCUT2D eigenvalue weighted by Crippen LogP contribution is -2.42. The van der Waals surface area contributed by atoms with E-state index in [1.807, 2.05) is 37.3 Å². The summed E-state index contributed by atoms with van der Waals surface area (Å²) in [5.74, 6) is 0.564. The van der Waals surface area contributed by atoms with Crippen molar-refractivity contribution < 1.29 is 17.6 Å². The molecule has 2 amide bonds. The van der Waals surface area contributed by atoms with Crippen molar-refractivity contribution in [1.82, 2.24) is 9.62 Å². The van der Waals surface area contributed by atoms with Gasteiger partial charge in [-0.15, -0.1) is 0 Å². The highest BCUT2D eigenvalue weighted by molar-refractivity contribution is 7.90. The molecule has 0 aliphatic heterocycles. The van der Waals surface area contributed by atoms with Crippen LogP contribution in [0.2, 0.25) is 0 Å². The van der Waals surface area contributed by atoms with E-state index in [1.54, 1.807) is 24.3 Å². The lowest BCUT2D eigenvalue weighted by atomic mass is 10.2. The summed E-state index contributed by atoms with van der Waals surface area (Å²) in [5.41, 5.74) is 1.82. The molecule has 2 aromatic carbocycles. The fraction of sp³-hybridized carbons (Fsp3) is 0.150. The van der Waals surface area contributed by atoms with E-state index in [-0.39, 0.29) is 18.0 Å². The first-order chi connectivity index (χ1) is 12.9. The summed E-state index contributed by atoms with van der Waals surface area (Å²) < 4.78 is 32.5. The van der Waals surface area contributed by atoms with Crippen molar-refractivity contribution in [3.63, 3.8) is 0 Å². The number of amides is 2. The maximum atomic E-state index is 12.7. The van der Waals surface area contributed by atoms with Gasteiger partial charge in [-0.25, -0.2) is 17.9 Å². The Hall–Kier alpha value is -3.06. The summed E-state index contributed by atoms with van der Waals surface area (Å²) in [6.07, 6.45) is 1.51. The number of aryl methyl sites for hydroxylation is 1. The Balaban J connectivity index is 1.80. The van der Waals surface area contributed by atoms with E-state index in [4.69, 9.17) is 4.42 Å². The normalized spacial score (nSPS) is 11.1. The van der Waals surface area contributed by atoms with Gasteiger partial charge in [0.1, 0.15) is 5.76 Å². The summed E-state index contributed by atoms with van der Waals surface area (Å²) in [6.45, 7) is 2.26. The van der Waals surface area contributed by atoms with Crippen LogP contribution >= 0.6 is 0 Å². The first kappa shape index (κ1) is 18.7. The van der Waals surface area contributed by atoms with E-state index in [1.165, 1.54) is 23.3 Å². The van der Waals surface area contributed by atoms with E-state index in [0.29, 0.717) is 5.76 Å². The first-order valence-electron chi connectivity index (χ1n) is 8.39. The number of nitrogens with zero attached hydrogens (tertiary/aromatic N) is 1. The van der Waals surface area contributed by atoms with Gasteiger partial charge >= 0.3 is 6.03 Å². The number of rotatable bonds is 6.